The highest BCUT2D eigenvalue weighted by Gasteiger charge is 1.97. The molecule has 0 aliphatic heterocycles. The van der Waals surface area contributed by atoms with Gasteiger partial charge in [-0.1, -0.05) is 17.9 Å². The van der Waals surface area contributed by atoms with Gasteiger partial charge in [0.15, 0.2) is 0 Å². The number of hydrogen-bond acceptors (Lipinski definition) is 1. The van der Waals surface area contributed by atoms with Crippen molar-refractivity contribution in [2.45, 2.75) is 6.92 Å². The summed E-state index contributed by atoms with van der Waals surface area (Å²) in [4.78, 5) is 0. The van der Waals surface area contributed by atoms with E-state index in [1.165, 1.54) is 6.07 Å². The average molecular weight is 226 g/mol. The van der Waals surface area contributed by atoms with Crippen molar-refractivity contribution >= 4 is 0 Å². The Balaban J connectivity index is 2.29. The maximum atomic E-state index is 13.5. The molecule has 0 heterocycles. The second-order valence-corrected chi connectivity index (χ2v) is 3.78. The van der Waals surface area contributed by atoms with Crippen molar-refractivity contribution in [3.8, 4) is 17.6 Å². The molecule has 0 saturated carbocycles. The Hall–Kier alpha value is -2.27. The average Bonchev–Trinajstić information content (AvgIpc) is 2.30. The summed E-state index contributed by atoms with van der Waals surface area (Å²) in [6.07, 6.45) is 0. The molecule has 84 valence electrons. The van der Waals surface area contributed by atoms with Crippen molar-refractivity contribution in [1.29, 1.82) is 0 Å². The first-order chi connectivity index (χ1) is 8.15. The van der Waals surface area contributed by atoms with Gasteiger partial charge < -0.3 is 5.11 Å². The van der Waals surface area contributed by atoms with Crippen LogP contribution in [0.15, 0.2) is 42.5 Å². The normalized spacial score (nSPS) is 9.53. The van der Waals surface area contributed by atoms with Gasteiger partial charge in [0.1, 0.15) is 11.6 Å². The molecule has 0 unspecified atom stereocenters. The van der Waals surface area contributed by atoms with E-state index in [1.54, 1.807) is 30.3 Å². The molecule has 1 nitrogen and oxygen atoms in total. The number of rotatable bonds is 0. The van der Waals surface area contributed by atoms with Crippen molar-refractivity contribution in [1.82, 2.24) is 0 Å². The van der Waals surface area contributed by atoms with E-state index < -0.39 is 0 Å². The lowest BCUT2D eigenvalue weighted by molar-refractivity contribution is 0.475. The molecule has 0 atom stereocenters. The first-order valence-electron chi connectivity index (χ1n) is 5.22. The van der Waals surface area contributed by atoms with Gasteiger partial charge >= 0.3 is 0 Å². The van der Waals surface area contributed by atoms with E-state index in [0.29, 0.717) is 5.56 Å². The molecule has 2 aromatic carbocycles. The zero-order valence-electron chi connectivity index (χ0n) is 9.37. The van der Waals surface area contributed by atoms with Gasteiger partial charge in [0, 0.05) is 5.56 Å². The minimum atomic E-state index is -0.309. The van der Waals surface area contributed by atoms with Crippen molar-refractivity contribution in [3.63, 3.8) is 0 Å². The summed E-state index contributed by atoms with van der Waals surface area (Å²) in [6, 6.07) is 11.4. The van der Waals surface area contributed by atoms with Crippen molar-refractivity contribution in [2.24, 2.45) is 0 Å². The molecule has 0 aliphatic carbocycles. The molecule has 2 rings (SSSR count). The number of benzene rings is 2. The van der Waals surface area contributed by atoms with Crippen molar-refractivity contribution in [2.75, 3.05) is 0 Å². The first-order valence-corrected chi connectivity index (χ1v) is 5.22. The second-order valence-electron chi connectivity index (χ2n) is 3.78. The van der Waals surface area contributed by atoms with Crippen LogP contribution in [0.1, 0.15) is 16.7 Å². The molecule has 0 saturated heterocycles. The van der Waals surface area contributed by atoms with Crippen LogP contribution in [-0.4, -0.2) is 5.11 Å². The summed E-state index contributed by atoms with van der Waals surface area (Å²) < 4.78 is 13.5. The van der Waals surface area contributed by atoms with Gasteiger partial charge in [-0.05, 0) is 48.9 Å². The highest BCUT2D eigenvalue weighted by Crippen LogP contribution is 2.10. The fourth-order valence-corrected chi connectivity index (χ4v) is 1.41. The maximum Gasteiger partial charge on any atom is 0.139 e. The maximum absolute atomic E-state index is 13.5. The Morgan fingerprint density at radius 2 is 1.71 bits per heavy atom. The lowest BCUT2D eigenvalue weighted by Gasteiger charge is -1.96. The van der Waals surface area contributed by atoms with Gasteiger partial charge in [-0.15, -0.1) is 0 Å². The van der Waals surface area contributed by atoms with Crippen LogP contribution in [0.4, 0.5) is 4.39 Å². The molecular formula is C15H11FO. The predicted octanol–water partition coefficient (Wildman–Crippen LogP) is 3.24. The number of aromatic hydroxyl groups is 1. The van der Waals surface area contributed by atoms with E-state index >= 15 is 0 Å². The lowest BCUT2D eigenvalue weighted by Crippen LogP contribution is -1.84. The number of halogens is 1. The SMILES string of the molecule is Cc1ccc(C#Cc2ccc(O)cc2)c(F)c1. The molecule has 0 spiro atoms. The molecule has 0 aliphatic rings. The molecule has 1 N–H and O–H groups in total. The van der Waals surface area contributed by atoms with Gasteiger partial charge in [-0.25, -0.2) is 4.39 Å². The van der Waals surface area contributed by atoms with Crippen LogP contribution in [0, 0.1) is 24.6 Å². The standard InChI is InChI=1S/C15H11FO/c1-11-2-6-13(15(16)10-11)7-3-12-4-8-14(17)9-5-12/h2,4-6,8-10,17H,1H3. The summed E-state index contributed by atoms with van der Waals surface area (Å²) in [5.41, 5.74) is 1.99. The third-order valence-electron chi connectivity index (χ3n) is 2.33. The Kier molecular flexibility index (Phi) is 3.11. The van der Waals surface area contributed by atoms with E-state index in [2.05, 4.69) is 11.8 Å². The summed E-state index contributed by atoms with van der Waals surface area (Å²) >= 11 is 0. The molecule has 0 radical (unpaired) electrons. The second kappa shape index (κ2) is 4.71. The number of phenols is 1. The van der Waals surface area contributed by atoms with Crippen LogP contribution in [0.5, 0.6) is 5.75 Å². The van der Waals surface area contributed by atoms with Crippen LogP contribution in [0.2, 0.25) is 0 Å². The van der Waals surface area contributed by atoms with Crippen LogP contribution in [-0.2, 0) is 0 Å². The summed E-state index contributed by atoms with van der Waals surface area (Å²) in [5.74, 6) is 5.50. The quantitative estimate of drug-likeness (QED) is 0.684. The Labute approximate surface area is 99.5 Å². The third-order valence-corrected chi connectivity index (χ3v) is 2.33. The van der Waals surface area contributed by atoms with E-state index in [0.717, 1.165) is 11.1 Å². The molecule has 0 fully saturated rings. The third kappa shape index (κ3) is 2.85. The largest absolute Gasteiger partial charge is 0.508 e. The van der Waals surface area contributed by atoms with Gasteiger partial charge in [0.2, 0.25) is 0 Å². The lowest BCUT2D eigenvalue weighted by atomic mass is 10.1. The Morgan fingerprint density at radius 1 is 1.00 bits per heavy atom. The van der Waals surface area contributed by atoms with Gasteiger partial charge in [-0.3, -0.25) is 0 Å². The van der Waals surface area contributed by atoms with Crippen LogP contribution >= 0.6 is 0 Å². The Bertz CT molecular complexity index is 589. The highest BCUT2D eigenvalue weighted by atomic mass is 19.1. The Morgan fingerprint density at radius 3 is 2.35 bits per heavy atom. The molecule has 0 amide bonds. The monoisotopic (exact) mass is 226 g/mol. The van der Waals surface area contributed by atoms with E-state index in [-0.39, 0.29) is 11.6 Å². The van der Waals surface area contributed by atoms with E-state index in [9.17, 15) is 4.39 Å². The predicted molar refractivity (Wildman–Crippen MR) is 65.2 cm³/mol. The zero-order chi connectivity index (χ0) is 12.3. The fraction of sp³-hybridized carbons (Fsp3) is 0.0667. The van der Waals surface area contributed by atoms with Crippen LogP contribution < -0.4 is 0 Å². The molecule has 2 aromatic rings. The topological polar surface area (TPSA) is 20.2 Å². The minimum absolute atomic E-state index is 0.192. The van der Waals surface area contributed by atoms with Gasteiger partial charge in [-0.2, -0.15) is 0 Å². The summed E-state index contributed by atoms with van der Waals surface area (Å²) in [7, 11) is 0. The number of phenolic OH excluding ortho intramolecular Hbond substituents is 1. The number of hydrogen-bond donors (Lipinski definition) is 1. The van der Waals surface area contributed by atoms with Gasteiger partial charge in [0.05, 0.1) is 5.56 Å². The highest BCUT2D eigenvalue weighted by molar-refractivity contribution is 5.45. The molecular weight excluding hydrogens is 215 g/mol. The number of aryl methyl sites for hydroxylation is 1. The van der Waals surface area contributed by atoms with Crippen LogP contribution in [0.25, 0.3) is 0 Å². The van der Waals surface area contributed by atoms with Crippen LogP contribution in [0.3, 0.4) is 0 Å². The summed E-state index contributed by atoms with van der Waals surface area (Å²) in [5, 5.41) is 9.11. The zero-order valence-corrected chi connectivity index (χ0v) is 9.37. The minimum Gasteiger partial charge on any atom is -0.508 e. The van der Waals surface area contributed by atoms with E-state index in [1.807, 2.05) is 13.0 Å². The molecule has 0 aromatic heterocycles. The van der Waals surface area contributed by atoms with Crippen molar-refractivity contribution in [3.05, 3.63) is 65.0 Å². The van der Waals surface area contributed by atoms with E-state index in [4.69, 9.17) is 5.11 Å². The molecule has 0 bridgehead atoms. The fourth-order valence-electron chi connectivity index (χ4n) is 1.41. The van der Waals surface area contributed by atoms with Crippen molar-refractivity contribution < 1.29 is 9.50 Å². The van der Waals surface area contributed by atoms with Gasteiger partial charge in [0.25, 0.3) is 0 Å². The molecule has 2 heteroatoms. The molecule has 17 heavy (non-hydrogen) atoms. The smallest absolute Gasteiger partial charge is 0.139 e. The summed E-state index contributed by atoms with van der Waals surface area (Å²) in [6.45, 7) is 1.83. The first kappa shape index (κ1) is 11.2.